The number of hydrogen-bond donors (Lipinski definition) is 3. The zero-order valence-corrected chi connectivity index (χ0v) is 18.0. The number of carbonyl (C=O) groups excluding carboxylic acids is 1. The average molecular weight is 455 g/mol. The van der Waals surface area contributed by atoms with Crippen LogP contribution < -0.4 is 25.8 Å². The molecular formula is C21H22FN7O4. The van der Waals surface area contributed by atoms with E-state index in [0.717, 1.165) is 0 Å². The summed E-state index contributed by atoms with van der Waals surface area (Å²) >= 11 is 0. The molecule has 0 saturated heterocycles. The number of amides is 1. The lowest BCUT2D eigenvalue weighted by Gasteiger charge is -2.11. The third-order valence-corrected chi connectivity index (χ3v) is 4.90. The Morgan fingerprint density at radius 1 is 1.21 bits per heavy atom. The van der Waals surface area contributed by atoms with Crippen LogP contribution in [-0.4, -0.2) is 53.4 Å². The fourth-order valence-corrected chi connectivity index (χ4v) is 3.28. The van der Waals surface area contributed by atoms with E-state index in [2.05, 4.69) is 30.8 Å². The van der Waals surface area contributed by atoms with Crippen molar-refractivity contribution in [2.45, 2.75) is 12.3 Å². The van der Waals surface area contributed by atoms with E-state index in [-0.39, 0.29) is 35.9 Å². The first-order chi connectivity index (χ1) is 16.0. The monoisotopic (exact) mass is 455 g/mol. The van der Waals surface area contributed by atoms with Crippen molar-refractivity contribution < 1.29 is 23.1 Å². The summed E-state index contributed by atoms with van der Waals surface area (Å²) < 4.78 is 29.3. The summed E-state index contributed by atoms with van der Waals surface area (Å²) in [5.41, 5.74) is 6.63. The van der Waals surface area contributed by atoms with Gasteiger partial charge in [0, 0.05) is 24.5 Å². The molecule has 0 aliphatic heterocycles. The van der Waals surface area contributed by atoms with E-state index < -0.39 is 5.91 Å². The fourth-order valence-electron chi connectivity index (χ4n) is 3.28. The first kappa shape index (κ1) is 22.0. The van der Waals surface area contributed by atoms with Gasteiger partial charge < -0.3 is 30.3 Å². The molecule has 4 N–H and O–H groups in total. The first-order valence-corrected chi connectivity index (χ1v) is 10.1. The Kier molecular flexibility index (Phi) is 6.33. The minimum atomic E-state index is -0.540. The SMILES string of the molecule is COc1cc2nc(NCCNC(=O)c3nnc(C4C=C(F)C=CC4)o3)nc(N)c2cc1OC. The highest BCUT2D eigenvalue weighted by Crippen LogP contribution is 2.33. The van der Waals surface area contributed by atoms with Gasteiger partial charge in [0.25, 0.3) is 0 Å². The zero-order valence-electron chi connectivity index (χ0n) is 18.0. The van der Waals surface area contributed by atoms with Gasteiger partial charge in [-0.2, -0.15) is 4.98 Å². The Morgan fingerprint density at radius 2 is 2.00 bits per heavy atom. The van der Waals surface area contributed by atoms with Crippen molar-refractivity contribution >= 4 is 28.6 Å². The maximum absolute atomic E-state index is 13.4. The summed E-state index contributed by atoms with van der Waals surface area (Å²) in [5.74, 6) is 0.287. The summed E-state index contributed by atoms with van der Waals surface area (Å²) in [6.45, 7) is 0.539. The molecule has 12 heteroatoms. The molecule has 0 fully saturated rings. The number of halogens is 1. The van der Waals surface area contributed by atoms with Gasteiger partial charge in [-0.3, -0.25) is 4.79 Å². The number of nitrogen functional groups attached to an aromatic ring is 1. The van der Waals surface area contributed by atoms with Crippen LogP contribution in [0.4, 0.5) is 16.2 Å². The normalized spacial score (nSPS) is 15.2. The highest BCUT2D eigenvalue weighted by molar-refractivity contribution is 5.91. The van der Waals surface area contributed by atoms with Crippen LogP contribution in [-0.2, 0) is 0 Å². The van der Waals surface area contributed by atoms with Crippen molar-refractivity contribution in [3.05, 3.63) is 48.0 Å². The van der Waals surface area contributed by atoms with Crippen molar-refractivity contribution in [3.63, 3.8) is 0 Å². The van der Waals surface area contributed by atoms with Crippen molar-refractivity contribution in [3.8, 4) is 11.5 Å². The standard InChI is InChI=1S/C21H22FN7O4/c1-31-15-9-13-14(10-16(15)32-2)26-21(27-17(13)23)25-7-6-24-18(30)20-29-28-19(33-20)11-4-3-5-12(22)8-11/h3,5,8-11H,4,6-7H2,1-2H3,(H,24,30)(H3,23,25,26,27). The quantitative estimate of drug-likeness (QED) is 0.432. The van der Waals surface area contributed by atoms with Gasteiger partial charge >= 0.3 is 11.8 Å². The molecule has 1 unspecified atom stereocenters. The lowest BCUT2D eigenvalue weighted by molar-refractivity contribution is 0.0918. The van der Waals surface area contributed by atoms with Gasteiger partial charge in [0.2, 0.25) is 11.8 Å². The van der Waals surface area contributed by atoms with E-state index in [1.54, 1.807) is 18.2 Å². The number of nitrogens with one attached hydrogen (secondary N) is 2. The molecule has 2 aromatic heterocycles. The van der Waals surface area contributed by atoms with Crippen LogP contribution >= 0.6 is 0 Å². The first-order valence-electron chi connectivity index (χ1n) is 10.1. The van der Waals surface area contributed by atoms with Gasteiger partial charge in [-0.25, -0.2) is 9.37 Å². The molecule has 2 heterocycles. The van der Waals surface area contributed by atoms with Crippen molar-refractivity contribution in [1.29, 1.82) is 0 Å². The summed E-state index contributed by atoms with van der Waals surface area (Å²) in [7, 11) is 3.06. The van der Waals surface area contributed by atoms with E-state index in [4.69, 9.17) is 19.6 Å². The molecule has 0 radical (unpaired) electrons. The van der Waals surface area contributed by atoms with Gasteiger partial charge in [-0.1, -0.05) is 6.08 Å². The molecule has 0 spiro atoms. The number of anilines is 2. The third-order valence-electron chi connectivity index (χ3n) is 4.90. The number of nitrogens with two attached hydrogens (primary N) is 1. The second-order valence-corrected chi connectivity index (χ2v) is 7.08. The largest absolute Gasteiger partial charge is 0.493 e. The number of rotatable bonds is 8. The molecule has 1 atom stereocenters. The second kappa shape index (κ2) is 9.51. The Labute approximate surface area is 187 Å². The Balaban J connectivity index is 1.34. The highest BCUT2D eigenvalue weighted by Gasteiger charge is 2.21. The molecule has 0 saturated carbocycles. The van der Waals surface area contributed by atoms with Gasteiger partial charge in [-0.15, -0.1) is 10.2 Å². The molecule has 1 amide bonds. The van der Waals surface area contributed by atoms with E-state index >= 15 is 0 Å². The van der Waals surface area contributed by atoms with Gasteiger partial charge in [-0.05, 0) is 24.6 Å². The number of fused-ring (bicyclic) bond motifs is 1. The summed E-state index contributed by atoms with van der Waals surface area (Å²) in [6, 6.07) is 3.41. The lowest BCUT2D eigenvalue weighted by Crippen LogP contribution is -2.29. The van der Waals surface area contributed by atoms with Crippen molar-refractivity contribution in [1.82, 2.24) is 25.5 Å². The number of methoxy groups -OCH3 is 2. The minimum Gasteiger partial charge on any atom is -0.493 e. The summed E-state index contributed by atoms with van der Waals surface area (Å²) in [4.78, 5) is 20.9. The number of allylic oxidation sites excluding steroid dienone is 4. The molecule has 3 aromatic rings. The number of carbonyl (C=O) groups is 1. The number of aromatic nitrogens is 4. The van der Waals surface area contributed by atoms with Crippen LogP contribution in [0.1, 0.15) is 28.9 Å². The lowest BCUT2D eigenvalue weighted by atomic mass is 10.0. The number of benzene rings is 1. The van der Waals surface area contributed by atoms with Crippen molar-refractivity contribution in [2.75, 3.05) is 38.4 Å². The fraction of sp³-hybridized carbons (Fsp3) is 0.286. The van der Waals surface area contributed by atoms with E-state index in [1.807, 2.05) is 0 Å². The van der Waals surface area contributed by atoms with Crippen LogP contribution in [0.3, 0.4) is 0 Å². The molecule has 4 rings (SSSR count). The van der Waals surface area contributed by atoms with Crippen LogP contribution in [0.25, 0.3) is 10.9 Å². The predicted molar refractivity (Wildman–Crippen MR) is 118 cm³/mol. The molecule has 1 aliphatic carbocycles. The van der Waals surface area contributed by atoms with Crippen molar-refractivity contribution in [2.24, 2.45) is 0 Å². The topological polar surface area (TPSA) is 150 Å². The highest BCUT2D eigenvalue weighted by atomic mass is 19.1. The molecule has 0 bridgehead atoms. The number of hydrogen-bond acceptors (Lipinski definition) is 10. The number of ether oxygens (including phenoxy) is 2. The van der Waals surface area contributed by atoms with Gasteiger partial charge in [0.1, 0.15) is 11.6 Å². The van der Waals surface area contributed by atoms with Crippen LogP contribution in [0.15, 0.2) is 40.6 Å². The summed E-state index contributed by atoms with van der Waals surface area (Å²) in [6.07, 6.45) is 4.94. The van der Waals surface area contributed by atoms with E-state index in [0.29, 0.717) is 41.3 Å². The Bertz CT molecular complexity index is 1240. The maximum atomic E-state index is 13.4. The zero-order chi connectivity index (χ0) is 23.4. The van der Waals surface area contributed by atoms with Gasteiger partial charge in [0.05, 0.1) is 25.7 Å². The smallest absolute Gasteiger partial charge is 0.308 e. The number of nitrogens with zero attached hydrogens (tertiary/aromatic N) is 4. The molecule has 1 aliphatic rings. The average Bonchev–Trinajstić information content (AvgIpc) is 3.31. The maximum Gasteiger partial charge on any atom is 0.308 e. The predicted octanol–water partition coefficient (Wildman–Crippen LogP) is 2.35. The van der Waals surface area contributed by atoms with E-state index in [1.165, 1.54) is 26.4 Å². The van der Waals surface area contributed by atoms with Crippen LogP contribution in [0.5, 0.6) is 11.5 Å². The third kappa shape index (κ3) is 4.84. The molecular weight excluding hydrogens is 433 g/mol. The van der Waals surface area contributed by atoms with Crippen LogP contribution in [0, 0.1) is 0 Å². The molecule has 1 aromatic carbocycles. The molecule has 11 nitrogen and oxygen atoms in total. The Hall–Kier alpha value is -4.22. The molecule has 33 heavy (non-hydrogen) atoms. The van der Waals surface area contributed by atoms with E-state index in [9.17, 15) is 9.18 Å². The summed E-state index contributed by atoms with van der Waals surface area (Å²) in [5, 5.41) is 13.9. The Morgan fingerprint density at radius 3 is 2.76 bits per heavy atom. The second-order valence-electron chi connectivity index (χ2n) is 7.08. The molecule has 172 valence electrons. The van der Waals surface area contributed by atoms with Gasteiger partial charge in [0.15, 0.2) is 11.5 Å². The van der Waals surface area contributed by atoms with Crippen LogP contribution in [0.2, 0.25) is 0 Å². The minimum absolute atomic E-state index is 0.185.